The molecule has 0 aromatic heterocycles. The van der Waals surface area contributed by atoms with Crippen molar-refractivity contribution in [3.8, 4) is 0 Å². The van der Waals surface area contributed by atoms with Crippen LogP contribution in [0.15, 0.2) is 0 Å². The molecule has 0 amide bonds. The van der Waals surface area contributed by atoms with Gasteiger partial charge in [0.2, 0.25) is 0 Å². The molecule has 0 radical (unpaired) electrons. The maximum atomic E-state index is 8.67. The predicted octanol–water partition coefficient (Wildman–Crippen LogP) is -0.567. The molecule has 1 aliphatic rings. The molecule has 0 aromatic carbocycles. The Labute approximate surface area is 64.0 Å². The van der Waals surface area contributed by atoms with Gasteiger partial charge in [-0.2, -0.15) is 0 Å². The second kappa shape index (κ2) is 4.24. The van der Waals surface area contributed by atoms with Crippen LogP contribution in [-0.4, -0.2) is 42.1 Å². The first-order valence-corrected chi connectivity index (χ1v) is 4.19. The fraction of sp³-hybridized carbons (Fsp3) is 1.00. The molecule has 10 heavy (non-hydrogen) atoms. The highest BCUT2D eigenvalue weighted by molar-refractivity contribution is 7.13. The number of aliphatic hydroxyl groups is 1. The Balaban J connectivity index is 2.25. The number of nitrogens with zero attached hydrogens (tertiary/aromatic N) is 1. The van der Waals surface area contributed by atoms with Crippen molar-refractivity contribution in [2.75, 3.05) is 26.2 Å². The van der Waals surface area contributed by atoms with Crippen LogP contribution in [0.1, 0.15) is 6.42 Å². The Morgan fingerprint density at radius 2 is 2.50 bits per heavy atom. The molecule has 2 atom stereocenters. The van der Waals surface area contributed by atoms with Gasteiger partial charge in [-0.1, -0.05) is 9.39 Å². The average Bonchev–Trinajstić information content (AvgIpc) is 1.94. The van der Waals surface area contributed by atoms with Crippen LogP contribution < -0.4 is 5.32 Å². The zero-order chi connectivity index (χ0) is 7.40. The Kier molecular flexibility index (Phi) is 3.57. The van der Waals surface area contributed by atoms with Crippen LogP contribution in [0.2, 0.25) is 0 Å². The lowest BCUT2D eigenvalue weighted by atomic mass is 10.2. The van der Waals surface area contributed by atoms with E-state index < -0.39 is 0 Å². The second-order valence-electron chi connectivity index (χ2n) is 2.61. The number of nitrogens with one attached hydrogen (secondary N) is 1. The van der Waals surface area contributed by atoms with Gasteiger partial charge in [-0.25, -0.2) is 0 Å². The van der Waals surface area contributed by atoms with Gasteiger partial charge in [0, 0.05) is 32.3 Å². The number of hydrogen-bond donors (Lipinski definition) is 2. The highest BCUT2D eigenvalue weighted by atomic mass is 31.0. The summed E-state index contributed by atoms with van der Waals surface area (Å²) in [6.45, 7) is 3.42. The summed E-state index contributed by atoms with van der Waals surface area (Å²) >= 11 is 0. The molecule has 0 spiro atoms. The van der Waals surface area contributed by atoms with Gasteiger partial charge in [-0.3, -0.25) is 4.67 Å². The van der Waals surface area contributed by atoms with Gasteiger partial charge in [-0.15, -0.1) is 0 Å². The summed E-state index contributed by atoms with van der Waals surface area (Å²) < 4.78 is 2.22. The van der Waals surface area contributed by atoms with E-state index in [0.717, 1.165) is 26.1 Å². The van der Waals surface area contributed by atoms with E-state index >= 15 is 0 Å². The number of hydrogen-bond acceptors (Lipinski definition) is 3. The van der Waals surface area contributed by atoms with Crippen molar-refractivity contribution in [2.24, 2.45) is 0 Å². The summed E-state index contributed by atoms with van der Waals surface area (Å²) in [6, 6.07) is 0.503. The summed E-state index contributed by atoms with van der Waals surface area (Å²) in [5.41, 5.74) is 0. The molecule has 0 aromatic rings. The number of piperazine rings is 1. The molecule has 1 aliphatic heterocycles. The minimum Gasteiger partial charge on any atom is -0.396 e. The summed E-state index contributed by atoms with van der Waals surface area (Å²) in [7, 11) is 2.70. The van der Waals surface area contributed by atoms with Gasteiger partial charge >= 0.3 is 0 Å². The highest BCUT2D eigenvalue weighted by Gasteiger charge is 2.17. The minimum atomic E-state index is 0.289. The molecule has 0 saturated carbocycles. The van der Waals surface area contributed by atoms with Gasteiger partial charge in [-0.05, 0) is 6.42 Å². The van der Waals surface area contributed by atoms with Crippen molar-refractivity contribution in [2.45, 2.75) is 12.5 Å². The summed E-state index contributed by atoms with van der Waals surface area (Å²) in [5.74, 6) is 0. The van der Waals surface area contributed by atoms with Crippen molar-refractivity contribution in [3.05, 3.63) is 0 Å². The van der Waals surface area contributed by atoms with Crippen molar-refractivity contribution in [1.82, 2.24) is 9.99 Å². The molecule has 4 heteroatoms. The maximum Gasteiger partial charge on any atom is 0.0446 e. The van der Waals surface area contributed by atoms with Crippen molar-refractivity contribution < 1.29 is 5.11 Å². The first-order chi connectivity index (χ1) is 4.84. The van der Waals surface area contributed by atoms with E-state index in [1.54, 1.807) is 0 Å². The smallest absolute Gasteiger partial charge is 0.0446 e. The third kappa shape index (κ3) is 2.17. The first kappa shape index (κ1) is 8.41. The molecule has 0 bridgehead atoms. The maximum absolute atomic E-state index is 8.67. The van der Waals surface area contributed by atoms with Gasteiger partial charge in [0.05, 0.1) is 0 Å². The Morgan fingerprint density at radius 1 is 1.70 bits per heavy atom. The van der Waals surface area contributed by atoms with E-state index in [9.17, 15) is 0 Å². The standard InChI is InChI=1S/C6H15N2OP/c9-4-1-6-5-7-2-3-8(6)10/h6-7,9H,1-5,10H2. The zero-order valence-corrected chi connectivity index (χ0v) is 7.24. The lowest BCUT2D eigenvalue weighted by Gasteiger charge is -2.32. The van der Waals surface area contributed by atoms with E-state index in [-0.39, 0.29) is 6.61 Å². The predicted molar refractivity (Wildman–Crippen MR) is 44.8 cm³/mol. The van der Waals surface area contributed by atoms with E-state index in [1.807, 2.05) is 0 Å². The van der Waals surface area contributed by atoms with Crippen LogP contribution in [-0.2, 0) is 0 Å². The normalized spacial score (nSPS) is 28.8. The van der Waals surface area contributed by atoms with Crippen LogP contribution in [0.5, 0.6) is 0 Å². The molecule has 3 nitrogen and oxygen atoms in total. The SMILES string of the molecule is OCCC1CNCCN1P. The van der Waals surface area contributed by atoms with E-state index in [2.05, 4.69) is 19.4 Å². The number of rotatable bonds is 2. The monoisotopic (exact) mass is 162 g/mol. The molecule has 60 valence electrons. The molecule has 1 heterocycles. The van der Waals surface area contributed by atoms with E-state index in [4.69, 9.17) is 5.11 Å². The molecule has 2 unspecified atom stereocenters. The Morgan fingerprint density at radius 3 is 3.10 bits per heavy atom. The number of aliphatic hydroxyl groups excluding tert-OH is 1. The molecule has 1 fully saturated rings. The third-order valence-electron chi connectivity index (χ3n) is 1.86. The van der Waals surface area contributed by atoms with Crippen molar-refractivity contribution in [1.29, 1.82) is 0 Å². The van der Waals surface area contributed by atoms with Crippen LogP contribution in [0.3, 0.4) is 0 Å². The zero-order valence-electron chi connectivity index (χ0n) is 6.08. The van der Waals surface area contributed by atoms with E-state index in [1.165, 1.54) is 0 Å². The van der Waals surface area contributed by atoms with Crippen LogP contribution in [0.4, 0.5) is 0 Å². The minimum absolute atomic E-state index is 0.289. The van der Waals surface area contributed by atoms with Gasteiger partial charge in [0.1, 0.15) is 0 Å². The van der Waals surface area contributed by atoms with Gasteiger partial charge in [0.15, 0.2) is 0 Å². The first-order valence-electron chi connectivity index (χ1n) is 3.67. The third-order valence-corrected chi connectivity index (χ3v) is 2.54. The largest absolute Gasteiger partial charge is 0.396 e. The molecule has 1 saturated heterocycles. The van der Waals surface area contributed by atoms with Crippen molar-refractivity contribution >= 4 is 9.39 Å². The Hall–Kier alpha value is 0.310. The quantitative estimate of drug-likeness (QED) is 0.534. The summed E-state index contributed by atoms with van der Waals surface area (Å²) in [6.07, 6.45) is 0.872. The summed E-state index contributed by atoms with van der Waals surface area (Å²) in [4.78, 5) is 0. The molecule has 1 rings (SSSR count). The molecule has 0 aliphatic carbocycles. The average molecular weight is 162 g/mol. The molecule has 2 N–H and O–H groups in total. The van der Waals surface area contributed by atoms with Gasteiger partial charge < -0.3 is 10.4 Å². The fourth-order valence-corrected chi connectivity index (χ4v) is 1.58. The fourth-order valence-electron chi connectivity index (χ4n) is 1.19. The summed E-state index contributed by atoms with van der Waals surface area (Å²) in [5, 5.41) is 12.0. The topological polar surface area (TPSA) is 35.5 Å². The van der Waals surface area contributed by atoms with Crippen LogP contribution >= 0.6 is 9.39 Å². The van der Waals surface area contributed by atoms with Crippen molar-refractivity contribution in [3.63, 3.8) is 0 Å². The lowest BCUT2D eigenvalue weighted by molar-refractivity contribution is 0.211. The highest BCUT2D eigenvalue weighted by Crippen LogP contribution is 2.10. The van der Waals surface area contributed by atoms with E-state index in [0.29, 0.717) is 6.04 Å². The lowest BCUT2D eigenvalue weighted by Crippen LogP contribution is -2.46. The second-order valence-corrected chi connectivity index (χ2v) is 3.27. The molecular weight excluding hydrogens is 147 g/mol. The van der Waals surface area contributed by atoms with Gasteiger partial charge in [0.25, 0.3) is 0 Å². The molecular formula is C6H15N2OP. The van der Waals surface area contributed by atoms with Crippen LogP contribution in [0, 0.1) is 0 Å². The Bertz CT molecular complexity index is 99.7. The van der Waals surface area contributed by atoms with Crippen LogP contribution in [0.25, 0.3) is 0 Å².